The lowest BCUT2D eigenvalue weighted by molar-refractivity contribution is 0.0455. The summed E-state index contributed by atoms with van der Waals surface area (Å²) in [5, 5.41) is 0. The number of carbonyl (C=O) groups excluding carboxylic acids is 1. The third kappa shape index (κ3) is 3.65. The number of amides is 1. The third-order valence-corrected chi connectivity index (χ3v) is 4.33. The van der Waals surface area contributed by atoms with Gasteiger partial charge in [-0.3, -0.25) is 4.79 Å². The zero-order valence-electron chi connectivity index (χ0n) is 13.1. The van der Waals surface area contributed by atoms with Crippen molar-refractivity contribution in [3.05, 3.63) is 35.4 Å². The van der Waals surface area contributed by atoms with E-state index >= 15 is 0 Å². The Morgan fingerprint density at radius 3 is 2.57 bits per heavy atom. The van der Waals surface area contributed by atoms with Gasteiger partial charge in [-0.05, 0) is 49.4 Å². The number of nitrogens with zero attached hydrogens (tertiary/aromatic N) is 1. The Hall–Kier alpha value is -1.79. The fourth-order valence-corrected chi connectivity index (χ4v) is 3.00. The number of rotatable bonds is 1. The largest absolute Gasteiger partial charge is 0.335 e. The molecule has 3 unspecified atom stereocenters. The van der Waals surface area contributed by atoms with Crippen LogP contribution in [0.25, 0.3) is 0 Å². The third-order valence-electron chi connectivity index (χ3n) is 4.33. The fraction of sp³-hybridized carbons (Fsp3) is 0.500. The lowest BCUT2D eigenvalue weighted by Crippen LogP contribution is -2.48. The first-order valence-corrected chi connectivity index (χ1v) is 7.63. The van der Waals surface area contributed by atoms with Gasteiger partial charge in [0.25, 0.3) is 5.91 Å². The molecule has 0 aromatic heterocycles. The minimum Gasteiger partial charge on any atom is -0.335 e. The van der Waals surface area contributed by atoms with Crippen LogP contribution in [-0.4, -0.2) is 29.9 Å². The highest BCUT2D eigenvalue weighted by Crippen LogP contribution is 2.28. The van der Waals surface area contributed by atoms with Crippen LogP contribution in [0, 0.1) is 23.7 Å². The summed E-state index contributed by atoms with van der Waals surface area (Å²) in [4.78, 5) is 14.7. The van der Waals surface area contributed by atoms with Gasteiger partial charge in [0.05, 0.1) is 6.54 Å². The minimum atomic E-state index is 0.124. The molecular formula is C18H24N2O. The van der Waals surface area contributed by atoms with Crippen molar-refractivity contribution in [3.8, 4) is 11.8 Å². The normalized spacial score (nSPS) is 25.1. The Balaban J connectivity index is 2.15. The highest BCUT2D eigenvalue weighted by molar-refractivity contribution is 5.94. The van der Waals surface area contributed by atoms with Crippen LogP contribution in [0.2, 0.25) is 0 Å². The molecular weight excluding hydrogens is 260 g/mol. The molecule has 1 heterocycles. The zero-order chi connectivity index (χ0) is 15.4. The number of nitrogens with two attached hydrogens (primary N) is 1. The van der Waals surface area contributed by atoms with Gasteiger partial charge in [-0.2, -0.15) is 0 Å². The molecule has 2 rings (SSSR count). The molecule has 0 bridgehead atoms. The van der Waals surface area contributed by atoms with Crippen LogP contribution in [0.4, 0.5) is 0 Å². The predicted molar refractivity (Wildman–Crippen MR) is 85.8 cm³/mol. The molecule has 3 nitrogen and oxygen atoms in total. The molecule has 0 aliphatic carbocycles. The van der Waals surface area contributed by atoms with E-state index in [9.17, 15) is 4.79 Å². The second-order valence-electron chi connectivity index (χ2n) is 6.10. The Morgan fingerprint density at radius 2 is 1.95 bits per heavy atom. The summed E-state index contributed by atoms with van der Waals surface area (Å²) in [6.45, 7) is 7.79. The van der Waals surface area contributed by atoms with Crippen molar-refractivity contribution in [1.82, 2.24) is 4.90 Å². The molecule has 1 fully saturated rings. The van der Waals surface area contributed by atoms with E-state index in [1.807, 2.05) is 29.2 Å². The molecule has 2 N–H and O–H groups in total. The van der Waals surface area contributed by atoms with E-state index in [1.54, 1.807) is 0 Å². The monoisotopic (exact) mass is 284 g/mol. The molecule has 0 saturated carbocycles. The molecule has 3 atom stereocenters. The van der Waals surface area contributed by atoms with Crippen LogP contribution in [0.3, 0.4) is 0 Å². The molecule has 0 radical (unpaired) electrons. The van der Waals surface area contributed by atoms with E-state index in [0.717, 1.165) is 17.7 Å². The SMILES string of the molecule is CC1CC(C)C(C)N(C(=O)c2ccc(C#CCN)cc2)C1. The highest BCUT2D eigenvalue weighted by Gasteiger charge is 2.32. The summed E-state index contributed by atoms with van der Waals surface area (Å²) in [5.74, 6) is 7.03. The molecule has 1 aromatic rings. The van der Waals surface area contributed by atoms with Crippen LogP contribution in [0.1, 0.15) is 43.1 Å². The first-order chi connectivity index (χ1) is 10.0. The summed E-state index contributed by atoms with van der Waals surface area (Å²) in [6, 6.07) is 7.79. The van der Waals surface area contributed by atoms with E-state index in [0.29, 0.717) is 24.4 Å². The molecule has 0 spiro atoms. The highest BCUT2D eigenvalue weighted by atomic mass is 16.2. The van der Waals surface area contributed by atoms with Gasteiger partial charge in [0.2, 0.25) is 0 Å². The molecule has 1 saturated heterocycles. The number of hydrogen-bond acceptors (Lipinski definition) is 2. The Labute approximate surface area is 127 Å². The average molecular weight is 284 g/mol. The smallest absolute Gasteiger partial charge is 0.254 e. The van der Waals surface area contributed by atoms with E-state index in [1.165, 1.54) is 6.42 Å². The quantitative estimate of drug-likeness (QED) is 0.805. The van der Waals surface area contributed by atoms with Crippen molar-refractivity contribution in [2.24, 2.45) is 17.6 Å². The minimum absolute atomic E-state index is 0.124. The lowest BCUT2D eigenvalue weighted by Gasteiger charge is -2.41. The van der Waals surface area contributed by atoms with E-state index < -0.39 is 0 Å². The van der Waals surface area contributed by atoms with E-state index in [4.69, 9.17) is 5.73 Å². The van der Waals surface area contributed by atoms with E-state index in [2.05, 4.69) is 32.6 Å². The summed E-state index contributed by atoms with van der Waals surface area (Å²) in [5.41, 5.74) is 6.99. The van der Waals surface area contributed by atoms with Gasteiger partial charge in [-0.15, -0.1) is 0 Å². The van der Waals surface area contributed by atoms with Gasteiger partial charge in [-0.1, -0.05) is 25.7 Å². The van der Waals surface area contributed by atoms with Gasteiger partial charge in [0, 0.05) is 23.7 Å². The number of benzene rings is 1. The number of hydrogen-bond donors (Lipinski definition) is 1. The molecule has 1 aliphatic heterocycles. The fourth-order valence-electron chi connectivity index (χ4n) is 3.00. The summed E-state index contributed by atoms with van der Waals surface area (Å²) in [7, 11) is 0. The molecule has 1 aromatic carbocycles. The first-order valence-electron chi connectivity index (χ1n) is 7.63. The summed E-state index contributed by atoms with van der Waals surface area (Å²) in [6.07, 6.45) is 1.19. The Kier molecular flexibility index (Phi) is 5.03. The first kappa shape index (κ1) is 15.6. The number of carbonyl (C=O) groups is 1. The van der Waals surface area contributed by atoms with Gasteiger partial charge >= 0.3 is 0 Å². The number of piperidine rings is 1. The molecule has 112 valence electrons. The van der Waals surface area contributed by atoms with Crippen LogP contribution in [0.5, 0.6) is 0 Å². The van der Waals surface area contributed by atoms with Crippen LogP contribution in [0.15, 0.2) is 24.3 Å². The zero-order valence-corrected chi connectivity index (χ0v) is 13.1. The van der Waals surface area contributed by atoms with Gasteiger partial charge in [0.1, 0.15) is 0 Å². The van der Waals surface area contributed by atoms with Crippen molar-refractivity contribution in [3.63, 3.8) is 0 Å². The average Bonchev–Trinajstić information content (AvgIpc) is 2.48. The van der Waals surface area contributed by atoms with Crippen molar-refractivity contribution >= 4 is 5.91 Å². The second-order valence-corrected chi connectivity index (χ2v) is 6.10. The van der Waals surface area contributed by atoms with Crippen molar-refractivity contribution in [1.29, 1.82) is 0 Å². The maximum atomic E-state index is 12.7. The maximum Gasteiger partial charge on any atom is 0.254 e. The maximum absolute atomic E-state index is 12.7. The second kappa shape index (κ2) is 6.78. The summed E-state index contributed by atoms with van der Waals surface area (Å²) >= 11 is 0. The van der Waals surface area contributed by atoms with Crippen molar-refractivity contribution < 1.29 is 4.79 Å². The topological polar surface area (TPSA) is 46.3 Å². The molecule has 1 amide bonds. The van der Waals surface area contributed by atoms with Crippen molar-refractivity contribution in [2.45, 2.75) is 33.2 Å². The van der Waals surface area contributed by atoms with Gasteiger partial charge < -0.3 is 10.6 Å². The van der Waals surface area contributed by atoms with Gasteiger partial charge in [-0.25, -0.2) is 0 Å². The number of likely N-dealkylation sites (tertiary alicyclic amines) is 1. The van der Waals surface area contributed by atoms with Crippen LogP contribution in [-0.2, 0) is 0 Å². The van der Waals surface area contributed by atoms with E-state index in [-0.39, 0.29) is 5.91 Å². The lowest BCUT2D eigenvalue weighted by atomic mass is 9.85. The Morgan fingerprint density at radius 1 is 1.29 bits per heavy atom. The molecule has 3 heteroatoms. The van der Waals surface area contributed by atoms with Crippen molar-refractivity contribution in [2.75, 3.05) is 13.1 Å². The van der Waals surface area contributed by atoms with Crippen LogP contribution < -0.4 is 5.73 Å². The standard InChI is InChI=1S/C18H24N2O/c1-13-11-14(2)15(3)20(12-13)18(21)17-8-6-16(7-9-17)5-4-10-19/h6-9,13-15H,10-12,19H2,1-3H3. The van der Waals surface area contributed by atoms with Crippen LogP contribution >= 0.6 is 0 Å². The molecule has 21 heavy (non-hydrogen) atoms. The Bertz CT molecular complexity index is 553. The van der Waals surface area contributed by atoms with Gasteiger partial charge in [0.15, 0.2) is 0 Å². The summed E-state index contributed by atoms with van der Waals surface area (Å²) < 4.78 is 0. The molecule has 1 aliphatic rings. The predicted octanol–water partition coefficient (Wildman–Crippen LogP) is 2.50.